The zero-order chi connectivity index (χ0) is 9.31. The lowest BCUT2D eigenvalue weighted by Crippen LogP contribution is -3.00. The topological polar surface area (TPSA) is 29.1 Å². The van der Waals surface area contributed by atoms with E-state index < -0.39 is 0 Å². The van der Waals surface area contributed by atoms with Crippen molar-refractivity contribution in [2.24, 2.45) is 0 Å². The van der Waals surface area contributed by atoms with Crippen LogP contribution in [-0.4, -0.2) is 19.5 Å². The van der Waals surface area contributed by atoms with E-state index in [4.69, 9.17) is 0 Å². The number of hydrogen-bond donors (Lipinski definition) is 1. The van der Waals surface area contributed by atoms with Crippen molar-refractivity contribution in [3.63, 3.8) is 0 Å². The van der Waals surface area contributed by atoms with Gasteiger partial charge in [-0.25, -0.2) is 0 Å². The highest BCUT2D eigenvalue weighted by Gasteiger charge is 2.34. The molecule has 1 atom stereocenters. The van der Waals surface area contributed by atoms with Gasteiger partial charge >= 0.3 is 0 Å². The van der Waals surface area contributed by atoms with E-state index in [1.165, 1.54) is 0 Å². The third-order valence-corrected chi connectivity index (χ3v) is 2.48. The summed E-state index contributed by atoms with van der Waals surface area (Å²) in [6.45, 7) is 0.836. The first-order valence-corrected chi connectivity index (χ1v) is 4.43. The molecule has 1 aromatic carbocycles. The Morgan fingerprint density at radius 2 is 1.93 bits per heavy atom. The van der Waals surface area contributed by atoms with Crippen molar-refractivity contribution >= 4 is 11.6 Å². The van der Waals surface area contributed by atoms with Crippen LogP contribution in [0.4, 0.5) is 5.69 Å². The normalized spacial score (nSPS) is 25.4. The molecule has 0 radical (unpaired) electrons. The molecule has 1 unspecified atom stereocenters. The zero-order valence-electron chi connectivity index (χ0n) is 8.03. The highest BCUT2D eigenvalue weighted by atomic mass is 127. The average Bonchev–Trinajstić information content (AvgIpc) is 2.49. The molecular formula is C10H13IN2O. The Labute approximate surface area is 101 Å². The first-order valence-electron chi connectivity index (χ1n) is 4.43. The summed E-state index contributed by atoms with van der Waals surface area (Å²) in [5.41, 5.74) is 4.08. The number of carbonyl (C=O) groups is 1. The van der Waals surface area contributed by atoms with Crippen molar-refractivity contribution in [3.05, 3.63) is 30.3 Å². The lowest BCUT2D eigenvalue weighted by atomic mass is 10.3. The lowest BCUT2D eigenvalue weighted by Gasteiger charge is -2.26. The summed E-state index contributed by atoms with van der Waals surface area (Å²) < 4.78 is 0.527. The lowest BCUT2D eigenvalue weighted by molar-refractivity contribution is -0.120. The van der Waals surface area contributed by atoms with Gasteiger partial charge < -0.3 is 24.0 Å². The summed E-state index contributed by atoms with van der Waals surface area (Å²) in [5.74, 6) is 0.131. The number of halogens is 1. The fourth-order valence-corrected chi connectivity index (χ4v) is 1.66. The van der Waals surface area contributed by atoms with Gasteiger partial charge in [0.2, 0.25) is 0 Å². The van der Waals surface area contributed by atoms with Gasteiger partial charge in [-0.1, -0.05) is 18.2 Å². The number of carbonyl (C=O) groups excluding carboxylic acids is 1. The first-order chi connectivity index (χ1) is 6.21. The number of nitrogens with zero attached hydrogens (tertiary/aromatic N) is 1. The molecule has 0 aliphatic carbocycles. The van der Waals surface area contributed by atoms with Crippen LogP contribution < -0.4 is 34.0 Å². The van der Waals surface area contributed by atoms with Crippen molar-refractivity contribution in [2.75, 3.05) is 13.6 Å². The summed E-state index contributed by atoms with van der Waals surface area (Å²) in [6.07, 6.45) is 0.616. The summed E-state index contributed by atoms with van der Waals surface area (Å²) in [5, 5.41) is 0. The van der Waals surface area contributed by atoms with E-state index in [0.29, 0.717) is 11.0 Å². The van der Waals surface area contributed by atoms with Gasteiger partial charge in [-0.2, -0.15) is 10.0 Å². The van der Waals surface area contributed by atoms with E-state index in [9.17, 15) is 4.79 Å². The predicted molar refractivity (Wildman–Crippen MR) is 51.8 cm³/mol. The number of rotatable bonds is 1. The molecule has 0 bridgehead atoms. The minimum absolute atomic E-state index is 0. The molecule has 3 nitrogen and oxygen atoms in total. The average molecular weight is 304 g/mol. The van der Waals surface area contributed by atoms with Crippen LogP contribution in [0.5, 0.6) is 0 Å². The van der Waals surface area contributed by atoms with Crippen molar-refractivity contribution < 1.29 is 28.8 Å². The largest absolute Gasteiger partial charge is 1.00 e. The number of quaternary nitrogens is 1. The van der Waals surface area contributed by atoms with Crippen molar-refractivity contribution in [2.45, 2.75) is 6.42 Å². The van der Waals surface area contributed by atoms with E-state index in [1.54, 1.807) is 0 Å². The molecule has 2 rings (SSSR count). The molecule has 76 valence electrons. The summed E-state index contributed by atoms with van der Waals surface area (Å²) in [6, 6.07) is 10.0. The molecule has 1 N–H and O–H groups in total. The van der Waals surface area contributed by atoms with Gasteiger partial charge in [0.05, 0.1) is 13.5 Å². The molecule has 0 spiro atoms. The Kier molecular flexibility index (Phi) is 3.49. The van der Waals surface area contributed by atoms with Gasteiger partial charge in [0, 0.05) is 12.1 Å². The number of nitrogens with one attached hydrogen (secondary N) is 1. The molecule has 1 aliphatic heterocycles. The summed E-state index contributed by atoms with van der Waals surface area (Å²) in [7, 11) is 2.01. The van der Waals surface area contributed by atoms with Gasteiger partial charge in [-0.3, -0.25) is 4.79 Å². The fourth-order valence-electron chi connectivity index (χ4n) is 1.66. The van der Waals surface area contributed by atoms with Crippen molar-refractivity contribution in [1.82, 2.24) is 10.0 Å². The summed E-state index contributed by atoms with van der Waals surface area (Å²) >= 11 is 0. The third-order valence-electron chi connectivity index (χ3n) is 2.48. The van der Waals surface area contributed by atoms with Crippen LogP contribution >= 0.6 is 0 Å². The SMILES string of the molecule is C[N+]1(c2ccccc2)CCC(=O)N1.[I-]. The standard InChI is InChI=1S/C10H12N2O.HI/c1-12(8-7-10(13)11-12)9-5-3-2-4-6-9;/h2-6H,7-8H2,1H3;1H. The highest BCUT2D eigenvalue weighted by Crippen LogP contribution is 2.21. The van der Waals surface area contributed by atoms with Crippen molar-refractivity contribution in [1.29, 1.82) is 0 Å². The van der Waals surface area contributed by atoms with E-state index in [0.717, 1.165) is 12.2 Å². The van der Waals surface area contributed by atoms with Gasteiger partial charge in [0.25, 0.3) is 5.91 Å². The van der Waals surface area contributed by atoms with E-state index in [2.05, 4.69) is 5.43 Å². The Hall–Kier alpha value is -0.620. The van der Waals surface area contributed by atoms with E-state index in [1.807, 2.05) is 37.4 Å². The molecule has 1 heterocycles. The Morgan fingerprint density at radius 1 is 1.29 bits per heavy atom. The summed E-state index contributed by atoms with van der Waals surface area (Å²) in [4.78, 5) is 11.1. The molecule has 0 saturated carbocycles. The van der Waals surface area contributed by atoms with Crippen LogP contribution in [0.1, 0.15) is 6.42 Å². The number of para-hydroxylation sites is 1. The smallest absolute Gasteiger partial charge is 0.271 e. The van der Waals surface area contributed by atoms with Gasteiger partial charge in [-0.15, -0.1) is 0 Å². The predicted octanol–water partition coefficient (Wildman–Crippen LogP) is -1.94. The molecule has 1 amide bonds. The first kappa shape index (κ1) is 11.5. The maximum atomic E-state index is 11.1. The van der Waals surface area contributed by atoms with Crippen LogP contribution in [0.3, 0.4) is 0 Å². The highest BCUT2D eigenvalue weighted by molar-refractivity contribution is 5.80. The monoisotopic (exact) mass is 304 g/mol. The second-order valence-electron chi connectivity index (χ2n) is 3.54. The van der Waals surface area contributed by atoms with Gasteiger partial charge in [-0.05, 0) is 0 Å². The van der Waals surface area contributed by atoms with Crippen LogP contribution in [0.15, 0.2) is 30.3 Å². The minimum atomic E-state index is 0. The number of hydrogen-bond acceptors (Lipinski definition) is 1. The van der Waals surface area contributed by atoms with Crippen molar-refractivity contribution in [3.8, 4) is 0 Å². The van der Waals surface area contributed by atoms with Crippen LogP contribution in [0, 0.1) is 0 Å². The quantitative estimate of drug-likeness (QED) is 0.475. The third kappa shape index (κ3) is 2.06. The van der Waals surface area contributed by atoms with Crippen LogP contribution in [0.25, 0.3) is 0 Å². The maximum absolute atomic E-state index is 11.1. The van der Waals surface area contributed by atoms with Gasteiger partial charge in [0.15, 0.2) is 5.69 Å². The fraction of sp³-hybridized carbons (Fsp3) is 0.300. The number of amides is 1. The molecule has 0 aromatic heterocycles. The Balaban J connectivity index is 0.000000980. The second kappa shape index (κ2) is 4.27. The Bertz CT molecular complexity index is 328. The minimum Gasteiger partial charge on any atom is -1.00 e. The van der Waals surface area contributed by atoms with Gasteiger partial charge in [0.1, 0.15) is 6.54 Å². The number of benzene rings is 1. The van der Waals surface area contributed by atoms with E-state index in [-0.39, 0.29) is 29.9 Å². The maximum Gasteiger partial charge on any atom is 0.271 e. The molecule has 1 aromatic rings. The molecule has 14 heavy (non-hydrogen) atoms. The molecule has 1 fully saturated rings. The second-order valence-corrected chi connectivity index (χ2v) is 3.54. The zero-order valence-corrected chi connectivity index (χ0v) is 10.2. The van der Waals surface area contributed by atoms with Crippen LogP contribution in [0.2, 0.25) is 0 Å². The van der Waals surface area contributed by atoms with E-state index >= 15 is 0 Å². The van der Waals surface area contributed by atoms with Crippen LogP contribution in [-0.2, 0) is 4.79 Å². The molecule has 1 saturated heterocycles. The molecule has 1 aliphatic rings. The molecule has 4 heteroatoms. The molecular weight excluding hydrogens is 291 g/mol. The Morgan fingerprint density at radius 3 is 2.43 bits per heavy atom.